The van der Waals surface area contributed by atoms with Gasteiger partial charge in [-0.3, -0.25) is 14.4 Å². The van der Waals surface area contributed by atoms with Crippen LogP contribution in [0.5, 0.6) is 0 Å². The molecule has 3 N–H and O–H groups in total. The van der Waals surface area contributed by atoms with Crippen molar-refractivity contribution >= 4 is 5.96 Å². The van der Waals surface area contributed by atoms with Crippen molar-refractivity contribution in [1.82, 2.24) is 9.80 Å². The van der Waals surface area contributed by atoms with E-state index in [2.05, 4.69) is 47.8 Å². The molecule has 0 atom stereocenters. The highest BCUT2D eigenvalue weighted by molar-refractivity contribution is 5.73. The summed E-state index contributed by atoms with van der Waals surface area (Å²) in [6.45, 7) is 8.75. The second-order valence-corrected chi connectivity index (χ2v) is 5.98. The monoisotopic (exact) mass is 312 g/mol. The molecule has 0 saturated carbocycles. The number of hydrogen-bond donors (Lipinski definition) is 1. The minimum absolute atomic E-state index is 0. The normalized spacial score (nSPS) is 7.43. The van der Waals surface area contributed by atoms with E-state index in [9.17, 15) is 0 Å². The molecular weight excluding hydrogens is 260 g/mol. The van der Waals surface area contributed by atoms with Gasteiger partial charge in [0, 0.05) is 0 Å². The van der Waals surface area contributed by atoms with E-state index in [0.29, 0.717) is 5.41 Å². The molecule has 4 nitrogen and oxygen atoms in total. The first-order valence-corrected chi connectivity index (χ1v) is 6.06. The van der Waals surface area contributed by atoms with Crippen LogP contribution in [0.15, 0.2) is 0 Å². The van der Waals surface area contributed by atoms with Gasteiger partial charge in [0.1, 0.15) is 0 Å². The summed E-state index contributed by atoms with van der Waals surface area (Å²) in [6.07, 6.45) is 0. The van der Waals surface area contributed by atoms with Crippen LogP contribution in [0.2, 0.25) is 0 Å². The lowest BCUT2D eigenvalue weighted by Gasteiger charge is -2.16. The van der Waals surface area contributed by atoms with Crippen LogP contribution in [0, 0.1) is 5.41 Å². The predicted molar refractivity (Wildman–Crippen MR) is 105 cm³/mol. The Balaban J connectivity index is -0.0000000314. The molecule has 21 heavy (non-hydrogen) atoms. The molecule has 0 aliphatic carbocycles. The van der Waals surface area contributed by atoms with E-state index in [1.165, 1.54) is 5.96 Å². The average Bonchev–Trinajstić information content (AvgIpc) is 2.01. The van der Waals surface area contributed by atoms with Gasteiger partial charge in [0.15, 0.2) is 0 Å². The maximum Gasteiger partial charge on any atom is 0.349 e. The minimum atomic E-state index is 0. The molecule has 0 heterocycles. The van der Waals surface area contributed by atoms with Gasteiger partial charge in [0.05, 0.1) is 49.3 Å². The zero-order valence-corrected chi connectivity index (χ0v) is 14.0. The van der Waals surface area contributed by atoms with E-state index in [4.69, 9.17) is 0 Å². The lowest BCUT2D eigenvalue weighted by Crippen LogP contribution is -2.40. The van der Waals surface area contributed by atoms with Gasteiger partial charge in [0.2, 0.25) is 0 Å². The third kappa shape index (κ3) is 45.3. The summed E-state index contributed by atoms with van der Waals surface area (Å²) < 4.78 is 2.08. The molecule has 0 aliphatic rings. The first-order chi connectivity index (χ1) is 7.46. The predicted octanol–water partition coefficient (Wildman–Crippen LogP) is 3.19. The summed E-state index contributed by atoms with van der Waals surface area (Å²) in [6, 6.07) is 0. The molecule has 4 heteroatoms. The Morgan fingerprint density at radius 1 is 0.714 bits per heavy atom. The average molecular weight is 313 g/mol. The van der Waals surface area contributed by atoms with Gasteiger partial charge in [-0.1, -0.05) is 57.4 Å². The standard InChI is InChI=1S/C7H18N3.C5H12.CH5N.4CH4/c1-8(2)7(9(3)4)10(5)6;1-5(2,3)4;1-2;;;;/h1-6H3;1-4H3;2H2,1H3;4*1H4/q+1;;;;;;/p+1. The molecule has 0 radical (unpaired) electrons. The molecule has 0 spiro atoms. The van der Waals surface area contributed by atoms with Crippen molar-refractivity contribution in [1.29, 1.82) is 0 Å². The van der Waals surface area contributed by atoms with E-state index in [0.717, 1.165) is 0 Å². The topological polar surface area (TPSA) is 37.1 Å². The van der Waals surface area contributed by atoms with Crippen LogP contribution in [0.1, 0.15) is 57.4 Å². The van der Waals surface area contributed by atoms with Gasteiger partial charge in [-0.05, 0) is 5.41 Å². The molecule has 0 saturated heterocycles. The van der Waals surface area contributed by atoms with Gasteiger partial charge >= 0.3 is 5.96 Å². The van der Waals surface area contributed by atoms with E-state index in [-0.39, 0.29) is 29.7 Å². The Bertz CT molecular complexity index is 181. The van der Waals surface area contributed by atoms with Crippen molar-refractivity contribution in [2.45, 2.75) is 57.4 Å². The van der Waals surface area contributed by atoms with E-state index in [1.807, 2.05) is 42.3 Å². The summed E-state index contributed by atoms with van der Waals surface area (Å²) in [7, 11) is 14.0. The molecule has 0 bridgehead atoms. The summed E-state index contributed by atoms with van der Waals surface area (Å²) in [5.74, 6) is 1.19. The quantitative estimate of drug-likeness (QED) is 0.424. The highest BCUT2D eigenvalue weighted by atomic mass is 15.4. The smallest absolute Gasteiger partial charge is 0.349 e. The molecule has 138 valence electrons. The van der Waals surface area contributed by atoms with E-state index >= 15 is 0 Å². The Morgan fingerprint density at radius 2 is 0.857 bits per heavy atom. The summed E-state index contributed by atoms with van der Waals surface area (Å²) >= 11 is 0. The van der Waals surface area contributed by atoms with Crippen molar-refractivity contribution in [3.8, 4) is 0 Å². The maximum absolute atomic E-state index is 3.25. The van der Waals surface area contributed by atoms with Crippen molar-refractivity contribution in [3.63, 3.8) is 0 Å². The Labute approximate surface area is 139 Å². The Morgan fingerprint density at radius 3 is 0.857 bits per heavy atom. The maximum atomic E-state index is 3.25. The van der Waals surface area contributed by atoms with E-state index < -0.39 is 0 Å². The highest BCUT2D eigenvalue weighted by Gasteiger charge is 2.12. The lowest BCUT2D eigenvalue weighted by molar-refractivity contribution is -0.475. The molecule has 0 fully saturated rings. The molecule has 0 unspecified atom stereocenters. The number of quaternary nitrogens is 1. The molecule has 0 aromatic rings. The second kappa shape index (κ2) is 21.5. The van der Waals surface area contributed by atoms with Crippen LogP contribution < -0.4 is 5.73 Å². The number of rotatable bonds is 0. The Kier molecular flexibility index (Phi) is 43.8. The summed E-state index contributed by atoms with van der Waals surface area (Å²) in [5.41, 5.74) is 3.75. The number of nitrogens with zero attached hydrogens (tertiary/aromatic N) is 3. The molecule has 0 aromatic heterocycles. The van der Waals surface area contributed by atoms with Gasteiger partial charge in [-0.2, -0.15) is 0 Å². The van der Waals surface area contributed by atoms with Crippen molar-refractivity contribution < 1.29 is 10.3 Å². The van der Waals surface area contributed by atoms with Crippen LogP contribution >= 0.6 is 0 Å². The van der Waals surface area contributed by atoms with Gasteiger partial charge in [0.25, 0.3) is 0 Å². The fourth-order valence-corrected chi connectivity index (χ4v) is 1.20. The SMILES string of the molecule is C.C.C.C.CC(C)(C)C.CN(C)C(N(C)C)=[N+](C)C.C[NH3+]. The van der Waals surface area contributed by atoms with E-state index in [1.54, 1.807) is 7.05 Å². The van der Waals surface area contributed by atoms with Crippen LogP contribution in [-0.4, -0.2) is 69.7 Å². The fourth-order valence-electron chi connectivity index (χ4n) is 1.20. The molecule has 0 rings (SSSR count). The first-order valence-electron chi connectivity index (χ1n) is 6.06. The molecular formula is C17H52N4+2. The summed E-state index contributed by atoms with van der Waals surface area (Å²) in [5, 5.41) is 0. The zero-order chi connectivity index (χ0) is 14.8. The first kappa shape index (κ1) is 42.7. The minimum Gasteiger partial charge on any atom is -0.360 e. The summed E-state index contributed by atoms with van der Waals surface area (Å²) in [4.78, 5) is 4.17. The second-order valence-electron chi connectivity index (χ2n) is 5.98. The molecule has 0 amide bonds. The van der Waals surface area contributed by atoms with Crippen LogP contribution in [0.3, 0.4) is 0 Å². The van der Waals surface area contributed by atoms with Crippen molar-refractivity contribution in [3.05, 3.63) is 0 Å². The van der Waals surface area contributed by atoms with Gasteiger partial charge in [-0.15, -0.1) is 0 Å². The van der Waals surface area contributed by atoms with Crippen molar-refractivity contribution in [2.75, 3.05) is 49.3 Å². The number of hydrogen-bond acceptors (Lipinski definition) is 0. The van der Waals surface area contributed by atoms with Crippen LogP contribution in [0.25, 0.3) is 0 Å². The highest BCUT2D eigenvalue weighted by Crippen LogP contribution is 2.08. The van der Waals surface area contributed by atoms with Crippen LogP contribution in [0.4, 0.5) is 0 Å². The largest absolute Gasteiger partial charge is 0.360 e. The fraction of sp³-hybridized carbons (Fsp3) is 0.941. The van der Waals surface area contributed by atoms with Gasteiger partial charge in [-0.25, -0.2) is 0 Å². The zero-order valence-electron chi connectivity index (χ0n) is 14.0. The molecule has 0 aliphatic heterocycles. The lowest BCUT2D eigenvalue weighted by atomic mass is 10.0. The Hall–Kier alpha value is -0.770. The number of guanidine groups is 1. The molecule has 0 aromatic carbocycles. The van der Waals surface area contributed by atoms with Crippen LogP contribution in [-0.2, 0) is 0 Å². The third-order valence-corrected chi connectivity index (χ3v) is 1.20. The third-order valence-electron chi connectivity index (χ3n) is 1.20. The van der Waals surface area contributed by atoms with Crippen molar-refractivity contribution in [2.24, 2.45) is 5.41 Å². The van der Waals surface area contributed by atoms with Gasteiger partial charge < -0.3 is 5.73 Å².